The summed E-state index contributed by atoms with van der Waals surface area (Å²) in [6, 6.07) is 1.94. The van der Waals surface area contributed by atoms with Gasteiger partial charge in [-0.25, -0.2) is 4.99 Å². The predicted molar refractivity (Wildman–Crippen MR) is 57.8 cm³/mol. The number of halogens is 2. The van der Waals surface area contributed by atoms with Crippen molar-refractivity contribution in [3.8, 4) is 0 Å². The Hall–Kier alpha value is -0.410. The molecule has 13 heavy (non-hydrogen) atoms. The molecule has 0 aliphatic carbocycles. The third kappa shape index (κ3) is 1.76. The van der Waals surface area contributed by atoms with Crippen molar-refractivity contribution in [3.63, 3.8) is 0 Å². The average Bonchev–Trinajstić information content (AvgIpc) is 2.08. The van der Waals surface area contributed by atoms with Gasteiger partial charge >= 0.3 is 0 Å². The number of pyridine rings is 1. The molecule has 4 heteroatoms. The highest BCUT2D eigenvalue weighted by molar-refractivity contribution is 9.10. The Balaban J connectivity index is 2.51. The van der Waals surface area contributed by atoms with Gasteiger partial charge < -0.3 is 0 Å². The summed E-state index contributed by atoms with van der Waals surface area (Å²) in [6.45, 7) is 2.05. The molecule has 2 rings (SSSR count). The quantitative estimate of drug-likeness (QED) is 0.702. The topological polar surface area (TPSA) is 25.2 Å². The molecule has 0 amide bonds. The Morgan fingerprint density at radius 3 is 3.15 bits per heavy atom. The van der Waals surface area contributed by atoms with Gasteiger partial charge in [-0.05, 0) is 22.0 Å². The van der Waals surface area contributed by atoms with Gasteiger partial charge in [0.2, 0.25) is 0 Å². The molecule has 68 valence electrons. The van der Waals surface area contributed by atoms with Crippen molar-refractivity contribution in [2.75, 3.05) is 0 Å². The molecule has 0 saturated heterocycles. The summed E-state index contributed by atoms with van der Waals surface area (Å²) in [5, 5.41) is 0.674. The van der Waals surface area contributed by atoms with Crippen LogP contribution >= 0.6 is 27.5 Å². The highest BCUT2D eigenvalue weighted by Gasteiger charge is 2.18. The Bertz CT molecular complexity index is 376. The van der Waals surface area contributed by atoms with Crippen molar-refractivity contribution in [2.45, 2.75) is 13.3 Å². The fraction of sp³-hybridized carbons (Fsp3) is 0.333. The van der Waals surface area contributed by atoms with Crippen LogP contribution in [0.3, 0.4) is 0 Å². The van der Waals surface area contributed by atoms with Crippen molar-refractivity contribution in [1.29, 1.82) is 0 Å². The van der Waals surface area contributed by atoms with E-state index in [0.29, 0.717) is 11.1 Å². The smallest absolute Gasteiger partial charge is 0.110 e. The van der Waals surface area contributed by atoms with Crippen LogP contribution in [-0.4, -0.2) is 10.2 Å². The van der Waals surface area contributed by atoms with E-state index >= 15 is 0 Å². The van der Waals surface area contributed by atoms with Crippen LogP contribution in [0.25, 0.3) is 0 Å². The number of nitrogens with zero attached hydrogens (tertiary/aromatic N) is 2. The van der Waals surface area contributed by atoms with Gasteiger partial charge in [-0.15, -0.1) is 0 Å². The summed E-state index contributed by atoms with van der Waals surface area (Å²) in [6.07, 6.45) is 2.67. The van der Waals surface area contributed by atoms with Crippen LogP contribution in [0.1, 0.15) is 12.6 Å². The Morgan fingerprint density at radius 1 is 1.62 bits per heavy atom. The molecular formula is C9H8BrClN2. The molecule has 1 aromatic heterocycles. The normalized spacial score (nSPS) is 20.8. The van der Waals surface area contributed by atoms with E-state index in [9.17, 15) is 0 Å². The molecule has 0 aromatic carbocycles. The van der Waals surface area contributed by atoms with Crippen molar-refractivity contribution < 1.29 is 0 Å². The molecule has 1 atom stereocenters. The minimum absolute atomic E-state index is 0.294. The molecule has 1 aliphatic rings. The molecule has 1 aromatic rings. The first-order valence-electron chi connectivity index (χ1n) is 4.05. The van der Waals surface area contributed by atoms with Crippen LogP contribution < -0.4 is 0 Å². The molecule has 2 nitrogen and oxygen atoms in total. The van der Waals surface area contributed by atoms with Gasteiger partial charge in [-0.1, -0.05) is 18.5 Å². The van der Waals surface area contributed by atoms with E-state index in [-0.39, 0.29) is 0 Å². The van der Waals surface area contributed by atoms with Crippen LogP contribution in [0.15, 0.2) is 21.7 Å². The maximum Gasteiger partial charge on any atom is 0.110 e. The zero-order chi connectivity index (χ0) is 9.42. The van der Waals surface area contributed by atoms with E-state index in [1.54, 1.807) is 6.20 Å². The molecule has 0 fully saturated rings. The van der Waals surface area contributed by atoms with Crippen LogP contribution in [0.5, 0.6) is 0 Å². The lowest BCUT2D eigenvalue weighted by atomic mass is 10.0. The summed E-state index contributed by atoms with van der Waals surface area (Å²) in [5.74, 6) is 0.294. The second kappa shape index (κ2) is 3.39. The van der Waals surface area contributed by atoms with E-state index in [1.165, 1.54) is 0 Å². The van der Waals surface area contributed by atoms with Crippen LogP contribution in [-0.2, 0) is 6.42 Å². The molecule has 0 N–H and O–H groups in total. The maximum absolute atomic E-state index is 5.95. The summed E-state index contributed by atoms with van der Waals surface area (Å²) in [7, 11) is 0. The molecule has 0 radical (unpaired) electrons. The van der Waals surface area contributed by atoms with Crippen molar-refractivity contribution >= 4 is 38.4 Å². The van der Waals surface area contributed by atoms with E-state index in [4.69, 9.17) is 11.6 Å². The number of hydrogen-bond acceptors (Lipinski definition) is 2. The highest BCUT2D eigenvalue weighted by Crippen LogP contribution is 2.30. The van der Waals surface area contributed by atoms with Gasteiger partial charge in [-0.2, -0.15) is 0 Å². The summed E-state index contributed by atoms with van der Waals surface area (Å²) in [5.41, 5.74) is 1.91. The van der Waals surface area contributed by atoms with E-state index in [0.717, 1.165) is 22.3 Å². The van der Waals surface area contributed by atoms with Crippen molar-refractivity contribution in [2.24, 2.45) is 10.9 Å². The number of fused-ring (bicyclic) bond motifs is 1. The lowest BCUT2D eigenvalue weighted by Gasteiger charge is -2.16. The molecule has 1 unspecified atom stereocenters. The molecule has 2 heterocycles. The van der Waals surface area contributed by atoms with Gasteiger partial charge in [0.05, 0.1) is 11.4 Å². The molecule has 0 bridgehead atoms. The first-order valence-corrected chi connectivity index (χ1v) is 5.22. The van der Waals surface area contributed by atoms with Crippen LogP contribution in [0.4, 0.5) is 5.69 Å². The minimum atomic E-state index is 0.294. The summed E-state index contributed by atoms with van der Waals surface area (Å²) < 4.78 is 0.939. The van der Waals surface area contributed by atoms with Crippen molar-refractivity contribution in [1.82, 2.24) is 4.98 Å². The van der Waals surface area contributed by atoms with E-state index < -0.39 is 0 Å². The van der Waals surface area contributed by atoms with Gasteiger partial charge in [-0.3, -0.25) is 4.98 Å². The lowest BCUT2D eigenvalue weighted by Crippen LogP contribution is -2.13. The zero-order valence-corrected chi connectivity index (χ0v) is 9.43. The standard InChI is InChI=1S/C9H8BrClN2/c1-5-2-7-8(13-9(5)11)3-6(10)4-12-7/h3-5H,2H2,1H3. The largest absolute Gasteiger partial charge is 0.258 e. The second-order valence-electron chi connectivity index (χ2n) is 3.16. The van der Waals surface area contributed by atoms with Crippen LogP contribution in [0.2, 0.25) is 0 Å². The Labute approximate surface area is 90.2 Å². The second-order valence-corrected chi connectivity index (χ2v) is 4.46. The third-order valence-electron chi connectivity index (χ3n) is 2.05. The SMILES string of the molecule is CC1Cc2ncc(Br)cc2N=C1Cl. The van der Waals surface area contributed by atoms with E-state index in [1.807, 2.05) is 6.07 Å². The summed E-state index contributed by atoms with van der Waals surface area (Å²) >= 11 is 9.30. The molecular weight excluding hydrogens is 251 g/mol. The number of rotatable bonds is 0. The monoisotopic (exact) mass is 258 g/mol. The maximum atomic E-state index is 5.95. The average molecular weight is 260 g/mol. The lowest BCUT2D eigenvalue weighted by molar-refractivity contribution is 0.742. The van der Waals surface area contributed by atoms with E-state index in [2.05, 4.69) is 32.8 Å². The third-order valence-corrected chi connectivity index (χ3v) is 2.94. The predicted octanol–water partition coefficient (Wildman–Crippen LogP) is 3.31. The number of aromatic nitrogens is 1. The first-order chi connectivity index (χ1) is 6.16. The minimum Gasteiger partial charge on any atom is -0.258 e. The Kier molecular flexibility index (Phi) is 2.39. The number of hydrogen-bond donors (Lipinski definition) is 0. The van der Waals surface area contributed by atoms with Gasteiger partial charge in [0, 0.05) is 23.0 Å². The van der Waals surface area contributed by atoms with Gasteiger partial charge in [0.1, 0.15) is 5.17 Å². The Morgan fingerprint density at radius 2 is 2.38 bits per heavy atom. The number of aliphatic imine (C=N–C) groups is 1. The van der Waals surface area contributed by atoms with Crippen LogP contribution in [0, 0.1) is 5.92 Å². The first kappa shape index (κ1) is 9.16. The molecule has 1 aliphatic heterocycles. The van der Waals surface area contributed by atoms with Crippen molar-refractivity contribution in [3.05, 3.63) is 22.4 Å². The fourth-order valence-corrected chi connectivity index (χ4v) is 1.80. The molecule has 0 saturated carbocycles. The van der Waals surface area contributed by atoms with Gasteiger partial charge in [0.15, 0.2) is 0 Å². The summed E-state index contributed by atoms with van der Waals surface area (Å²) in [4.78, 5) is 8.57. The fourth-order valence-electron chi connectivity index (χ4n) is 1.31. The highest BCUT2D eigenvalue weighted by atomic mass is 79.9. The van der Waals surface area contributed by atoms with Gasteiger partial charge in [0.25, 0.3) is 0 Å². The zero-order valence-electron chi connectivity index (χ0n) is 7.09. The molecule has 0 spiro atoms.